The molecule has 25 heavy (non-hydrogen) atoms. The normalized spacial score (nSPS) is 26.1. The molecule has 0 saturated carbocycles. The van der Waals surface area contributed by atoms with Gasteiger partial charge < -0.3 is 19.9 Å². The smallest absolute Gasteiger partial charge is 0.310 e. The van der Waals surface area contributed by atoms with Gasteiger partial charge in [-0.15, -0.1) is 0 Å². The van der Waals surface area contributed by atoms with E-state index >= 15 is 0 Å². The summed E-state index contributed by atoms with van der Waals surface area (Å²) < 4.78 is 4.93. The first-order valence-electron chi connectivity index (χ1n) is 9.88. The number of ether oxygens (including phenoxy) is 1. The number of nitrogens with zero attached hydrogens (tertiary/aromatic N) is 3. The molecule has 6 nitrogen and oxygen atoms in total. The Bertz CT molecular complexity index is 447. The number of carbonyl (C=O) groups excluding carboxylic acids is 1. The Kier molecular flexibility index (Phi) is 8.00. The van der Waals surface area contributed by atoms with Crippen LogP contribution in [-0.2, 0) is 9.53 Å². The zero-order valence-corrected chi connectivity index (χ0v) is 16.5. The van der Waals surface area contributed by atoms with E-state index in [4.69, 9.17) is 9.73 Å². The van der Waals surface area contributed by atoms with Crippen LogP contribution >= 0.6 is 0 Å². The molecule has 0 aromatic rings. The SMILES string of the molecule is CCNC(=NCCCN1CCC(C)CC1)N1CC(C)C(C(=O)OC)C1. The van der Waals surface area contributed by atoms with Crippen LogP contribution in [0.25, 0.3) is 0 Å². The number of rotatable bonds is 6. The molecule has 144 valence electrons. The molecular formula is C19H36N4O2. The van der Waals surface area contributed by atoms with Crippen LogP contribution in [0.2, 0.25) is 0 Å². The van der Waals surface area contributed by atoms with Crippen LogP contribution in [0.5, 0.6) is 0 Å². The second kappa shape index (κ2) is 10.00. The van der Waals surface area contributed by atoms with Gasteiger partial charge in [0.25, 0.3) is 0 Å². The van der Waals surface area contributed by atoms with Gasteiger partial charge in [-0.05, 0) is 57.7 Å². The number of piperidine rings is 1. The number of hydrogen-bond acceptors (Lipinski definition) is 4. The molecule has 2 aliphatic rings. The molecule has 0 spiro atoms. The summed E-state index contributed by atoms with van der Waals surface area (Å²) in [5.74, 6) is 1.96. The molecule has 2 rings (SSSR count). The minimum absolute atomic E-state index is 0.0517. The van der Waals surface area contributed by atoms with Crippen LogP contribution < -0.4 is 5.32 Å². The fourth-order valence-electron chi connectivity index (χ4n) is 3.79. The Balaban J connectivity index is 1.81. The lowest BCUT2D eigenvalue weighted by Gasteiger charge is -2.30. The van der Waals surface area contributed by atoms with E-state index in [9.17, 15) is 4.79 Å². The minimum atomic E-state index is -0.106. The van der Waals surface area contributed by atoms with E-state index in [0.29, 0.717) is 12.5 Å². The van der Waals surface area contributed by atoms with Gasteiger partial charge in [0.15, 0.2) is 5.96 Å². The Hall–Kier alpha value is -1.30. The Morgan fingerprint density at radius 1 is 1.24 bits per heavy atom. The summed E-state index contributed by atoms with van der Waals surface area (Å²) in [6.45, 7) is 13.4. The number of carbonyl (C=O) groups is 1. The van der Waals surface area contributed by atoms with Gasteiger partial charge in [-0.25, -0.2) is 0 Å². The van der Waals surface area contributed by atoms with Gasteiger partial charge in [-0.1, -0.05) is 13.8 Å². The number of nitrogens with one attached hydrogen (secondary N) is 1. The number of esters is 1. The van der Waals surface area contributed by atoms with Crippen molar-refractivity contribution in [2.75, 3.05) is 52.9 Å². The van der Waals surface area contributed by atoms with Crippen molar-refractivity contribution >= 4 is 11.9 Å². The summed E-state index contributed by atoms with van der Waals surface area (Å²) in [6.07, 6.45) is 3.74. The Labute approximate surface area is 153 Å². The average molecular weight is 353 g/mol. The second-order valence-electron chi connectivity index (χ2n) is 7.63. The van der Waals surface area contributed by atoms with Crippen molar-refractivity contribution in [1.82, 2.24) is 15.1 Å². The first-order chi connectivity index (χ1) is 12.0. The van der Waals surface area contributed by atoms with Crippen LogP contribution in [0.4, 0.5) is 0 Å². The molecule has 2 saturated heterocycles. The maximum absolute atomic E-state index is 11.9. The summed E-state index contributed by atoms with van der Waals surface area (Å²) in [7, 11) is 1.47. The number of guanidine groups is 1. The highest BCUT2D eigenvalue weighted by Crippen LogP contribution is 2.24. The van der Waals surface area contributed by atoms with Gasteiger partial charge in [-0.2, -0.15) is 0 Å². The third kappa shape index (κ3) is 5.87. The highest BCUT2D eigenvalue weighted by molar-refractivity contribution is 5.82. The quantitative estimate of drug-likeness (QED) is 0.342. The summed E-state index contributed by atoms with van der Waals surface area (Å²) in [6, 6.07) is 0. The molecular weight excluding hydrogens is 316 g/mol. The highest BCUT2D eigenvalue weighted by Gasteiger charge is 2.36. The van der Waals surface area contributed by atoms with Gasteiger partial charge >= 0.3 is 5.97 Å². The maximum atomic E-state index is 11.9. The molecule has 0 aromatic carbocycles. The number of hydrogen-bond donors (Lipinski definition) is 1. The van der Waals surface area contributed by atoms with E-state index in [0.717, 1.165) is 44.5 Å². The summed E-state index contributed by atoms with van der Waals surface area (Å²) >= 11 is 0. The van der Waals surface area contributed by atoms with Crippen LogP contribution in [0.1, 0.15) is 40.0 Å². The Morgan fingerprint density at radius 2 is 1.96 bits per heavy atom. The topological polar surface area (TPSA) is 57.2 Å². The highest BCUT2D eigenvalue weighted by atomic mass is 16.5. The molecule has 2 unspecified atom stereocenters. The minimum Gasteiger partial charge on any atom is -0.469 e. The first kappa shape index (κ1) is 20.0. The van der Waals surface area contributed by atoms with Gasteiger partial charge in [0.05, 0.1) is 13.0 Å². The van der Waals surface area contributed by atoms with Gasteiger partial charge in [0.1, 0.15) is 0 Å². The number of likely N-dealkylation sites (tertiary alicyclic amines) is 2. The molecule has 0 radical (unpaired) electrons. The fraction of sp³-hybridized carbons (Fsp3) is 0.895. The van der Waals surface area contributed by atoms with Crippen LogP contribution in [0, 0.1) is 17.8 Å². The second-order valence-corrected chi connectivity index (χ2v) is 7.63. The molecule has 2 aliphatic heterocycles. The van der Waals surface area contributed by atoms with Crippen molar-refractivity contribution in [1.29, 1.82) is 0 Å². The summed E-state index contributed by atoms with van der Waals surface area (Å²) in [4.78, 5) is 21.5. The fourth-order valence-corrected chi connectivity index (χ4v) is 3.79. The van der Waals surface area contributed by atoms with E-state index in [-0.39, 0.29) is 11.9 Å². The monoisotopic (exact) mass is 352 g/mol. The largest absolute Gasteiger partial charge is 0.469 e. The van der Waals surface area contributed by atoms with Crippen molar-refractivity contribution in [2.45, 2.75) is 40.0 Å². The van der Waals surface area contributed by atoms with Crippen LogP contribution in [0.3, 0.4) is 0 Å². The van der Waals surface area contributed by atoms with E-state index in [2.05, 4.69) is 35.9 Å². The average Bonchev–Trinajstić information content (AvgIpc) is 3.00. The number of methoxy groups -OCH3 is 1. The lowest BCUT2D eigenvalue weighted by atomic mass is 9.99. The predicted octanol–water partition coefficient (Wildman–Crippen LogP) is 1.81. The predicted molar refractivity (Wildman–Crippen MR) is 102 cm³/mol. The van der Waals surface area contributed by atoms with E-state index in [1.54, 1.807) is 0 Å². The molecule has 0 amide bonds. The number of aliphatic imine (C=N–C) groups is 1. The lowest BCUT2D eigenvalue weighted by Crippen LogP contribution is -2.41. The lowest BCUT2D eigenvalue weighted by molar-refractivity contribution is -0.145. The summed E-state index contributed by atoms with van der Waals surface area (Å²) in [5.41, 5.74) is 0. The van der Waals surface area contributed by atoms with Crippen molar-refractivity contribution in [3.63, 3.8) is 0 Å². The van der Waals surface area contributed by atoms with Gasteiger partial charge in [0, 0.05) is 26.2 Å². The third-order valence-electron chi connectivity index (χ3n) is 5.52. The maximum Gasteiger partial charge on any atom is 0.310 e. The molecule has 0 aromatic heterocycles. The zero-order chi connectivity index (χ0) is 18.2. The van der Waals surface area contributed by atoms with Crippen LogP contribution in [-0.4, -0.2) is 74.7 Å². The van der Waals surface area contributed by atoms with Gasteiger partial charge in [0.2, 0.25) is 0 Å². The molecule has 2 atom stereocenters. The first-order valence-corrected chi connectivity index (χ1v) is 9.88. The molecule has 2 heterocycles. The zero-order valence-electron chi connectivity index (χ0n) is 16.5. The standard InChI is InChI=1S/C19H36N4O2/c1-5-20-19(23-13-16(3)17(14-23)18(24)25-4)21-9-6-10-22-11-7-15(2)8-12-22/h15-17H,5-14H2,1-4H3,(H,20,21). The molecule has 2 fully saturated rings. The van der Waals surface area contributed by atoms with E-state index in [1.807, 2.05) is 0 Å². The van der Waals surface area contributed by atoms with Crippen molar-refractivity contribution in [3.8, 4) is 0 Å². The third-order valence-corrected chi connectivity index (χ3v) is 5.52. The van der Waals surface area contributed by atoms with Crippen molar-refractivity contribution in [2.24, 2.45) is 22.7 Å². The van der Waals surface area contributed by atoms with Crippen molar-refractivity contribution in [3.05, 3.63) is 0 Å². The van der Waals surface area contributed by atoms with E-state index < -0.39 is 0 Å². The summed E-state index contributed by atoms with van der Waals surface area (Å²) in [5, 5.41) is 3.38. The molecule has 1 N–H and O–H groups in total. The van der Waals surface area contributed by atoms with Gasteiger partial charge in [-0.3, -0.25) is 9.79 Å². The molecule has 6 heteroatoms. The molecule has 0 bridgehead atoms. The van der Waals surface area contributed by atoms with Crippen LogP contribution in [0.15, 0.2) is 4.99 Å². The van der Waals surface area contributed by atoms with E-state index in [1.165, 1.54) is 33.0 Å². The Morgan fingerprint density at radius 3 is 2.60 bits per heavy atom. The molecule has 0 aliphatic carbocycles. The van der Waals surface area contributed by atoms with Crippen molar-refractivity contribution < 1.29 is 9.53 Å².